The average molecular weight is 372 g/mol. The maximum Gasteiger partial charge on any atom is 0.311 e. The molecular weight excluding hydrogens is 351 g/mol. The Morgan fingerprint density at radius 1 is 0.720 bits per heavy atom. The Labute approximate surface area is 155 Å². The Morgan fingerprint density at radius 2 is 1.00 bits per heavy atom. The van der Waals surface area contributed by atoms with Gasteiger partial charge in [0, 0.05) is 0 Å². The Bertz CT molecular complexity index is 710. The molecule has 1 radical (unpaired) electrons. The molecule has 2 nitrogen and oxygen atoms in total. The van der Waals surface area contributed by atoms with E-state index in [0.29, 0.717) is 0 Å². The fourth-order valence-electron chi connectivity index (χ4n) is 3.27. The quantitative estimate of drug-likeness (QED) is 0.691. The van der Waals surface area contributed by atoms with Gasteiger partial charge in [-0.05, 0) is 30.1 Å². The minimum atomic E-state index is -2.30. The van der Waals surface area contributed by atoms with Crippen molar-refractivity contribution in [1.29, 1.82) is 0 Å². The van der Waals surface area contributed by atoms with Gasteiger partial charge < -0.3 is 5.11 Å². The molecule has 25 heavy (non-hydrogen) atoms. The van der Waals surface area contributed by atoms with Crippen LogP contribution in [0.2, 0.25) is 0 Å². The largest absolute Gasteiger partial charge is 0.481 e. The standard InChI is InChI=1S/C21H20O2P.ClH/c1-17(21(22)23)24(18-11-5-2-6-12-18,19-13-7-3-8-14-19)20-15-9-4-10-16-20;/h2-17H,1H3,(H,22,23);1H. The highest BCUT2D eigenvalue weighted by molar-refractivity contribution is 7.96. The highest BCUT2D eigenvalue weighted by Gasteiger charge is 2.42. The number of benzene rings is 3. The number of aliphatic carboxylic acids is 1. The summed E-state index contributed by atoms with van der Waals surface area (Å²) in [6.45, 7) is 1.84. The minimum absolute atomic E-state index is 0. The smallest absolute Gasteiger partial charge is 0.311 e. The van der Waals surface area contributed by atoms with Gasteiger partial charge in [-0.2, -0.15) is 0 Å². The first-order chi connectivity index (χ1) is 11.7. The molecule has 0 saturated heterocycles. The summed E-state index contributed by atoms with van der Waals surface area (Å²) < 4.78 is 0. The van der Waals surface area contributed by atoms with E-state index in [2.05, 4.69) is 36.4 Å². The van der Waals surface area contributed by atoms with Crippen molar-refractivity contribution in [3.05, 3.63) is 91.0 Å². The average Bonchev–Trinajstić information content (AvgIpc) is 2.65. The molecule has 0 heterocycles. The van der Waals surface area contributed by atoms with Crippen molar-refractivity contribution >= 4 is 41.6 Å². The Morgan fingerprint density at radius 3 is 1.24 bits per heavy atom. The summed E-state index contributed by atoms with van der Waals surface area (Å²) in [7, 11) is -2.30. The predicted molar refractivity (Wildman–Crippen MR) is 109 cm³/mol. The van der Waals surface area contributed by atoms with E-state index in [9.17, 15) is 9.90 Å². The third kappa shape index (κ3) is 3.46. The molecule has 1 atom stereocenters. The van der Waals surface area contributed by atoms with Crippen molar-refractivity contribution < 1.29 is 9.90 Å². The molecule has 0 aliphatic rings. The summed E-state index contributed by atoms with van der Waals surface area (Å²) in [5, 5.41) is 13.2. The fourth-order valence-corrected chi connectivity index (χ4v) is 7.77. The van der Waals surface area contributed by atoms with E-state index >= 15 is 0 Å². The number of carbonyl (C=O) groups is 1. The lowest BCUT2D eigenvalue weighted by molar-refractivity contribution is -0.136. The van der Waals surface area contributed by atoms with E-state index < -0.39 is 18.9 Å². The maximum absolute atomic E-state index is 12.1. The summed E-state index contributed by atoms with van der Waals surface area (Å²) in [6, 6.07) is 30.2. The molecule has 0 spiro atoms. The highest BCUT2D eigenvalue weighted by Crippen LogP contribution is 2.59. The zero-order valence-electron chi connectivity index (χ0n) is 13.9. The van der Waals surface area contributed by atoms with Crippen LogP contribution in [-0.4, -0.2) is 16.7 Å². The first-order valence-corrected chi connectivity index (χ1v) is 9.81. The maximum atomic E-state index is 12.1. The number of hydrogen-bond acceptors (Lipinski definition) is 1. The van der Waals surface area contributed by atoms with Crippen molar-refractivity contribution in [2.24, 2.45) is 0 Å². The van der Waals surface area contributed by atoms with E-state index in [1.807, 2.05) is 61.5 Å². The number of carboxylic acids is 1. The monoisotopic (exact) mass is 371 g/mol. The van der Waals surface area contributed by atoms with Crippen LogP contribution in [-0.2, 0) is 4.79 Å². The van der Waals surface area contributed by atoms with Crippen LogP contribution in [0.1, 0.15) is 6.92 Å². The van der Waals surface area contributed by atoms with Crippen molar-refractivity contribution in [3.8, 4) is 0 Å². The normalized spacial score (nSPS) is 12.0. The molecule has 129 valence electrons. The highest BCUT2D eigenvalue weighted by atomic mass is 35.5. The zero-order chi connectivity index (χ0) is 17.0. The molecule has 0 aliphatic heterocycles. The van der Waals surface area contributed by atoms with Gasteiger partial charge in [-0.15, -0.1) is 12.4 Å². The van der Waals surface area contributed by atoms with Crippen molar-refractivity contribution in [3.63, 3.8) is 0 Å². The molecule has 0 aliphatic carbocycles. The topological polar surface area (TPSA) is 37.3 Å². The number of rotatable bonds is 5. The van der Waals surface area contributed by atoms with Crippen LogP contribution in [0.15, 0.2) is 91.0 Å². The SMILES string of the molecule is CC(C(=O)O)[P](c1ccccc1)(c1ccccc1)c1ccccc1.Cl. The van der Waals surface area contributed by atoms with Crippen molar-refractivity contribution in [2.75, 3.05) is 0 Å². The molecule has 0 amide bonds. The first kappa shape index (κ1) is 19.2. The number of hydrogen-bond donors (Lipinski definition) is 1. The van der Waals surface area contributed by atoms with Gasteiger partial charge in [0.05, 0.1) is 5.66 Å². The molecule has 0 bridgehead atoms. The van der Waals surface area contributed by atoms with Gasteiger partial charge in [0.15, 0.2) is 0 Å². The summed E-state index contributed by atoms with van der Waals surface area (Å²) in [5.74, 6) is -0.764. The molecule has 4 heteroatoms. The van der Waals surface area contributed by atoms with Gasteiger partial charge in [-0.3, -0.25) is 4.79 Å². The molecule has 1 N–H and O–H groups in total. The summed E-state index contributed by atoms with van der Waals surface area (Å²) in [5.41, 5.74) is -0.510. The van der Waals surface area contributed by atoms with Crippen LogP contribution in [0.5, 0.6) is 0 Å². The Kier molecular flexibility index (Phi) is 6.36. The second-order valence-corrected chi connectivity index (χ2v) is 9.51. The third-order valence-electron chi connectivity index (χ3n) is 4.43. The predicted octanol–water partition coefficient (Wildman–Crippen LogP) is 3.88. The second kappa shape index (κ2) is 8.29. The summed E-state index contributed by atoms with van der Waals surface area (Å²) in [4.78, 5) is 12.1. The lowest BCUT2D eigenvalue weighted by Gasteiger charge is -2.41. The van der Waals surface area contributed by atoms with E-state index in [4.69, 9.17) is 0 Å². The molecule has 1 unspecified atom stereocenters. The number of carboxylic acid groups (broad SMARTS) is 1. The zero-order valence-corrected chi connectivity index (χ0v) is 15.7. The molecule has 3 aromatic carbocycles. The molecule has 0 fully saturated rings. The van der Waals surface area contributed by atoms with Crippen LogP contribution in [0, 0.1) is 0 Å². The molecule has 0 saturated carbocycles. The second-order valence-electron chi connectivity index (χ2n) is 5.74. The van der Waals surface area contributed by atoms with Gasteiger partial charge in [0.25, 0.3) is 0 Å². The van der Waals surface area contributed by atoms with Crippen LogP contribution in [0.4, 0.5) is 0 Å². The lowest BCUT2D eigenvalue weighted by Crippen LogP contribution is -2.41. The van der Waals surface area contributed by atoms with Crippen LogP contribution in [0.3, 0.4) is 0 Å². The van der Waals surface area contributed by atoms with E-state index in [-0.39, 0.29) is 12.4 Å². The van der Waals surface area contributed by atoms with E-state index in [0.717, 1.165) is 15.9 Å². The van der Waals surface area contributed by atoms with Crippen molar-refractivity contribution in [1.82, 2.24) is 0 Å². The minimum Gasteiger partial charge on any atom is -0.481 e. The first-order valence-electron chi connectivity index (χ1n) is 7.95. The van der Waals surface area contributed by atoms with E-state index in [1.54, 1.807) is 0 Å². The Hall–Kier alpha value is -2.15. The van der Waals surface area contributed by atoms with Crippen LogP contribution < -0.4 is 15.9 Å². The third-order valence-corrected chi connectivity index (χ3v) is 9.15. The lowest BCUT2D eigenvalue weighted by atomic mass is 10.3. The summed E-state index contributed by atoms with van der Waals surface area (Å²) >= 11 is 0. The van der Waals surface area contributed by atoms with Gasteiger partial charge in [0.1, 0.15) is 0 Å². The van der Waals surface area contributed by atoms with Gasteiger partial charge >= 0.3 is 5.97 Å². The van der Waals surface area contributed by atoms with E-state index in [1.165, 1.54) is 0 Å². The van der Waals surface area contributed by atoms with Gasteiger partial charge in [0.2, 0.25) is 0 Å². The molecule has 3 rings (SSSR count). The summed E-state index contributed by atoms with van der Waals surface area (Å²) in [6.07, 6.45) is 0. The molecular formula is C21H21ClO2P. The van der Waals surface area contributed by atoms with Gasteiger partial charge in [-0.1, -0.05) is 91.0 Å². The van der Waals surface area contributed by atoms with Crippen LogP contribution in [0.25, 0.3) is 0 Å². The number of halogens is 1. The van der Waals surface area contributed by atoms with Gasteiger partial charge in [-0.25, -0.2) is 0 Å². The fraction of sp³-hybridized carbons (Fsp3) is 0.0952. The van der Waals surface area contributed by atoms with Crippen LogP contribution >= 0.6 is 19.7 Å². The molecule has 3 aromatic rings. The Balaban J connectivity index is 0.00000225. The molecule has 0 aromatic heterocycles. The van der Waals surface area contributed by atoms with Crippen molar-refractivity contribution in [2.45, 2.75) is 12.6 Å².